The molecule has 2 aromatic carbocycles. The van der Waals surface area contributed by atoms with Gasteiger partial charge in [0.1, 0.15) is 29.9 Å². The van der Waals surface area contributed by atoms with Crippen molar-refractivity contribution in [2.45, 2.75) is 30.9 Å². The number of nitrogens with two attached hydrogens (primary N) is 1. The fourth-order valence-electron chi connectivity index (χ4n) is 4.67. The first-order valence-electron chi connectivity index (χ1n) is 13.2. The van der Waals surface area contributed by atoms with Crippen LogP contribution in [0.1, 0.15) is 36.3 Å². The SMILES string of the molecule is CC/C=C/C1=C(C(=O)OC(c2ccccc2)c2ccccc2)N2C(=O)C(NC(=O)/C(=N\OC)c3csc(N)n3)[C@@H]2SC1. The summed E-state index contributed by atoms with van der Waals surface area (Å²) in [6.07, 6.45) is 3.87. The number of nitrogen functional groups attached to an aromatic ring is 1. The van der Waals surface area contributed by atoms with E-state index in [0.717, 1.165) is 28.9 Å². The van der Waals surface area contributed by atoms with Gasteiger partial charge in [-0.05, 0) is 23.1 Å². The third-order valence-electron chi connectivity index (χ3n) is 6.62. The van der Waals surface area contributed by atoms with Gasteiger partial charge in [0.2, 0.25) is 0 Å². The lowest BCUT2D eigenvalue weighted by atomic mass is 10.00. The lowest BCUT2D eigenvalue weighted by Gasteiger charge is -2.49. The normalized spacial score (nSPS) is 18.6. The van der Waals surface area contributed by atoms with Crippen molar-refractivity contribution in [3.63, 3.8) is 0 Å². The number of aromatic nitrogens is 1. The second-order valence-corrected chi connectivity index (χ2v) is 11.3. The molecular weight excluding hydrogens is 574 g/mol. The van der Waals surface area contributed by atoms with Crippen LogP contribution in [0.15, 0.2) is 94.6 Å². The minimum Gasteiger partial charge on any atom is -0.448 e. The summed E-state index contributed by atoms with van der Waals surface area (Å²) in [7, 11) is 1.31. The van der Waals surface area contributed by atoms with Gasteiger partial charge in [-0.25, -0.2) is 9.78 Å². The maximum absolute atomic E-state index is 13.9. The molecule has 12 heteroatoms. The van der Waals surface area contributed by atoms with Crippen LogP contribution in [-0.2, 0) is 24.0 Å². The van der Waals surface area contributed by atoms with Gasteiger partial charge in [-0.1, -0.05) is 84.9 Å². The molecule has 1 fully saturated rings. The van der Waals surface area contributed by atoms with Crippen LogP contribution in [0.5, 0.6) is 0 Å². The molecule has 1 saturated heterocycles. The lowest BCUT2D eigenvalue weighted by Crippen LogP contribution is -2.71. The Morgan fingerprint density at radius 1 is 1.17 bits per heavy atom. The number of nitrogens with one attached hydrogen (secondary N) is 1. The van der Waals surface area contributed by atoms with E-state index in [1.54, 1.807) is 5.38 Å². The van der Waals surface area contributed by atoms with E-state index < -0.39 is 35.3 Å². The Morgan fingerprint density at radius 2 is 1.83 bits per heavy atom. The predicted octanol–water partition coefficient (Wildman–Crippen LogP) is 4.03. The number of fused-ring (bicyclic) bond motifs is 1. The first-order valence-corrected chi connectivity index (χ1v) is 15.1. The average molecular weight is 604 g/mol. The molecule has 0 bridgehead atoms. The quantitative estimate of drug-likeness (QED) is 0.153. The highest BCUT2D eigenvalue weighted by Gasteiger charge is 2.54. The molecule has 3 heterocycles. The number of anilines is 1. The van der Waals surface area contributed by atoms with E-state index in [1.165, 1.54) is 23.8 Å². The molecule has 3 N–H and O–H groups in total. The van der Waals surface area contributed by atoms with Gasteiger partial charge in [0.05, 0.1) is 0 Å². The molecule has 0 aliphatic carbocycles. The molecule has 0 spiro atoms. The molecule has 1 aromatic heterocycles. The molecule has 5 rings (SSSR count). The van der Waals surface area contributed by atoms with Crippen LogP contribution in [0, 0.1) is 0 Å². The van der Waals surface area contributed by atoms with E-state index in [1.807, 2.05) is 79.7 Å². The molecule has 1 unspecified atom stereocenters. The van der Waals surface area contributed by atoms with Gasteiger partial charge in [-0.3, -0.25) is 14.5 Å². The fourth-order valence-corrected chi connectivity index (χ4v) is 6.54. The number of nitrogens with zero attached hydrogens (tertiary/aromatic N) is 3. The molecule has 0 saturated carbocycles. The minimum absolute atomic E-state index is 0.104. The van der Waals surface area contributed by atoms with Crippen LogP contribution in [-0.4, -0.2) is 57.7 Å². The van der Waals surface area contributed by atoms with E-state index >= 15 is 0 Å². The number of carbonyl (C=O) groups is 3. The van der Waals surface area contributed by atoms with Gasteiger partial charge in [-0.2, -0.15) is 0 Å². The number of hydrogen-bond donors (Lipinski definition) is 2. The van der Waals surface area contributed by atoms with E-state index in [0.29, 0.717) is 11.3 Å². The van der Waals surface area contributed by atoms with E-state index in [2.05, 4.69) is 15.5 Å². The van der Waals surface area contributed by atoms with Crippen LogP contribution in [0.2, 0.25) is 0 Å². The van der Waals surface area contributed by atoms with Gasteiger partial charge in [0.15, 0.2) is 16.9 Å². The largest absolute Gasteiger partial charge is 0.448 e. The Labute approximate surface area is 251 Å². The number of hydrogen-bond acceptors (Lipinski definition) is 10. The van der Waals surface area contributed by atoms with Crippen LogP contribution in [0.25, 0.3) is 0 Å². The summed E-state index contributed by atoms with van der Waals surface area (Å²) >= 11 is 2.60. The zero-order chi connectivity index (χ0) is 29.6. The Bertz CT molecular complexity index is 1510. The molecular formula is C30H29N5O5S2. The Morgan fingerprint density at radius 3 is 2.40 bits per heavy atom. The molecule has 3 aromatic rings. The molecule has 42 heavy (non-hydrogen) atoms. The summed E-state index contributed by atoms with van der Waals surface area (Å²) in [5, 5.41) is 7.86. The summed E-state index contributed by atoms with van der Waals surface area (Å²) in [4.78, 5) is 51.0. The van der Waals surface area contributed by atoms with E-state index in [9.17, 15) is 14.4 Å². The highest BCUT2D eigenvalue weighted by molar-refractivity contribution is 8.00. The van der Waals surface area contributed by atoms with Crippen molar-refractivity contribution in [1.82, 2.24) is 15.2 Å². The number of thiazole rings is 1. The zero-order valence-electron chi connectivity index (χ0n) is 22.9. The minimum atomic E-state index is -0.890. The number of esters is 1. The van der Waals surface area contributed by atoms with Crippen LogP contribution in [0.3, 0.4) is 0 Å². The third kappa shape index (κ3) is 5.95. The summed E-state index contributed by atoms with van der Waals surface area (Å²) < 4.78 is 6.14. The number of allylic oxidation sites excluding steroid dienone is 2. The van der Waals surface area contributed by atoms with Gasteiger partial charge >= 0.3 is 5.97 Å². The summed E-state index contributed by atoms with van der Waals surface area (Å²) in [6, 6.07) is 18.0. The second-order valence-electron chi connectivity index (χ2n) is 9.35. The Hall–Kier alpha value is -4.42. The summed E-state index contributed by atoms with van der Waals surface area (Å²) in [6.45, 7) is 1.99. The maximum atomic E-state index is 13.9. The number of ether oxygens (including phenoxy) is 1. The molecule has 10 nitrogen and oxygen atoms in total. The fraction of sp³-hybridized carbons (Fsp3) is 0.233. The maximum Gasteiger partial charge on any atom is 0.356 e. The Kier molecular flexibility index (Phi) is 9.03. The Balaban J connectivity index is 1.41. The van der Waals surface area contributed by atoms with Crippen molar-refractivity contribution in [3.8, 4) is 0 Å². The van der Waals surface area contributed by atoms with Crippen molar-refractivity contribution in [2.75, 3.05) is 18.6 Å². The van der Waals surface area contributed by atoms with Gasteiger partial charge in [-0.15, -0.1) is 23.1 Å². The molecule has 0 radical (unpaired) electrons. The summed E-state index contributed by atoms with van der Waals surface area (Å²) in [5.41, 5.74) is 8.32. The van der Waals surface area contributed by atoms with Crippen molar-refractivity contribution >= 4 is 51.7 Å². The van der Waals surface area contributed by atoms with Crippen molar-refractivity contribution in [3.05, 3.63) is 106 Å². The smallest absolute Gasteiger partial charge is 0.356 e. The van der Waals surface area contributed by atoms with Crippen LogP contribution in [0.4, 0.5) is 5.13 Å². The van der Waals surface area contributed by atoms with Gasteiger partial charge < -0.3 is 20.6 Å². The second kappa shape index (κ2) is 13.0. The molecule has 216 valence electrons. The number of rotatable bonds is 10. The van der Waals surface area contributed by atoms with E-state index in [-0.39, 0.29) is 22.2 Å². The van der Waals surface area contributed by atoms with Crippen LogP contribution < -0.4 is 11.1 Å². The highest BCUT2D eigenvalue weighted by atomic mass is 32.2. The number of carbonyl (C=O) groups excluding carboxylic acids is 3. The summed E-state index contributed by atoms with van der Waals surface area (Å²) in [5.74, 6) is -1.24. The zero-order valence-corrected chi connectivity index (χ0v) is 24.6. The topological polar surface area (TPSA) is 136 Å². The molecule has 2 atom stereocenters. The third-order valence-corrected chi connectivity index (χ3v) is 8.60. The average Bonchev–Trinajstić information content (AvgIpc) is 3.45. The van der Waals surface area contributed by atoms with Crippen molar-refractivity contribution < 1.29 is 24.0 Å². The number of β-lactam (4-membered cyclic amide) rings is 1. The standard InChI is InChI=1S/C30H29N5O5S2/c1-3-4-11-20-16-41-28-23(33-26(36)22(34-39-2)21-17-42-30(31)32-21)27(37)35(28)24(20)29(38)40-25(18-12-7-5-8-13-18)19-14-9-6-10-15-19/h4-15,17,23,25,28H,3,16H2,1-2H3,(H2,31,32)(H,33,36)/b11-4+,34-22-/t23?,28-/m0/s1. The first kappa shape index (κ1) is 29.1. The number of benzene rings is 2. The first-order chi connectivity index (χ1) is 20.4. The molecule has 2 aliphatic rings. The van der Waals surface area contributed by atoms with E-state index in [4.69, 9.17) is 15.3 Å². The lowest BCUT2D eigenvalue weighted by molar-refractivity contribution is -0.154. The monoisotopic (exact) mass is 603 g/mol. The van der Waals surface area contributed by atoms with Crippen LogP contribution >= 0.6 is 23.1 Å². The van der Waals surface area contributed by atoms with Crippen molar-refractivity contribution in [1.29, 1.82) is 0 Å². The number of oxime groups is 1. The molecule has 2 aliphatic heterocycles. The van der Waals surface area contributed by atoms with Crippen molar-refractivity contribution in [2.24, 2.45) is 5.16 Å². The predicted molar refractivity (Wildman–Crippen MR) is 162 cm³/mol. The van der Waals surface area contributed by atoms with Gasteiger partial charge in [0, 0.05) is 11.1 Å². The highest BCUT2D eigenvalue weighted by Crippen LogP contribution is 2.42. The molecule has 2 amide bonds. The number of amides is 2. The number of thioether (sulfide) groups is 1. The van der Waals surface area contributed by atoms with Gasteiger partial charge in [0.25, 0.3) is 11.8 Å².